The lowest BCUT2D eigenvalue weighted by molar-refractivity contribution is 0.0124. The quantitative estimate of drug-likeness (QED) is 0.286. The van der Waals surface area contributed by atoms with Crippen LogP contribution in [-0.2, 0) is 0 Å². The monoisotopic (exact) mass is 682 g/mol. The molecule has 0 aromatic carbocycles. The number of rotatable bonds is 4. The van der Waals surface area contributed by atoms with Gasteiger partial charge in [0.05, 0.1) is 0 Å². The van der Waals surface area contributed by atoms with Gasteiger partial charge in [0.1, 0.15) is 5.54 Å². The predicted molar refractivity (Wildman–Crippen MR) is 197 cm³/mol. The number of hydrogen-bond acceptors (Lipinski definition) is 10. The number of anilines is 3. The van der Waals surface area contributed by atoms with E-state index in [2.05, 4.69) is 51.7 Å². The van der Waals surface area contributed by atoms with E-state index in [9.17, 15) is 8.78 Å². The van der Waals surface area contributed by atoms with E-state index in [1.165, 1.54) is 19.4 Å². The van der Waals surface area contributed by atoms with Crippen molar-refractivity contribution in [1.29, 1.82) is 0 Å². The second kappa shape index (κ2) is 19.0. The van der Waals surface area contributed by atoms with Crippen LogP contribution in [-0.4, -0.2) is 99.1 Å². The highest BCUT2D eigenvalue weighted by atomic mass is 19.3. The number of nitrogens with zero attached hydrogens (tertiary/aromatic N) is 10. The van der Waals surface area contributed by atoms with Gasteiger partial charge in [0.15, 0.2) is 0 Å². The Morgan fingerprint density at radius 1 is 0.612 bits per heavy atom. The largest absolute Gasteiger partial charge is 0.338 e. The molecular weight excluding hydrogens is 622 g/mol. The number of aromatic nitrogens is 6. The SMILES string of the molecule is CC.CC.CC.Cc1cnc(N2CC3CC2(C(F)F)C3)nc1.Cc1cnc(N2CC3CC2C3)nc1.Cc1cnc(N2CCN(C)CC2)nc1. The van der Waals surface area contributed by atoms with E-state index >= 15 is 0 Å². The second-order valence-electron chi connectivity index (χ2n) is 12.9. The van der Waals surface area contributed by atoms with E-state index in [0.717, 1.165) is 66.7 Å². The highest BCUT2D eigenvalue weighted by molar-refractivity contribution is 5.43. The fourth-order valence-electron chi connectivity index (χ4n) is 6.70. The van der Waals surface area contributed by atoms with Gasteiger partial charge in [-0.2, -0.15) is 0 Å². The zero-order valence-corrected chi connectivity index (χ0v) is 31.6. The van der Waals surface area contributed by atoms with Crippen molar-refractivity contribution in [3.63, 3.8) is 0 Å². The molecule has 10 rings (SSSR count). The van der Waals surface area contributed by atoms with Crippen LogP contribution in [0.15, 0.2) is 37.2 Å². The number of fused-ring (bicyclic) bond motifs is 2. The number of hydrogen-bond donors (Lipinski definition) is 0. The molecule has 272 valence electrons. The van der Waals surface area contributed by atoms with Crippen LogP contribution in [0.25, 0.3) is 0 Å². The summed E-state index contributed by atoms with van der Waals surface area (Å²) in [5.41, 5.74) is 2.22. The first-order valence-corrected chi connectivity index (χ1v) is 18.3. The lowest BCUT2D eigenvalue weighted by Gasteiger charge is -2.41. The normalized spacial score (nSPS) is 24.2. The van der Waals surface area contributed by atoms with Gasteiger partial charge in [-0.25, -0.2) is 38.7 Å². The maximum absolute atomic E-state index is 13.1. The summed E-state index contributed by atoms with van der Waals surface area (Å²) in [7, 11) is 2.15. The van der Waals surface area contributed by atoms with Crippen LogP contribution in [0.3, 0.4) is 0 Å². The molecule has 12 heteroatoms. The van der Waals surface area contributed by atoms with Crippen molar-refractivity contribution < 1.29 is 8.78 Å². The Kier molecular flexibility index (Phi) is 15.5. The molecule has 7 fully saturated rings. The highest BCUT2D eigenvalue weighted by Gasteiger charge is 2.62. The molecule has 0 unspecified atom stereocenters. The molecule has 0 spiro atoms. The van der Waals surface area contributed by atoms with Crippen molar-refractivity contribution in [2.24, 2.45) is 11.8 Å². The van der Waals surface area contributed by atoms with E-state index in [-0.39, 0.29) is 0 Å². The van der Waals surface area contributed by atoms with Gasteiger partial charge in [-0.15, -0.1) is 0 Å². The van der Waals surface area contributed by atoms with E-state index in [1.807, 2.05) is 87.1 Å². The second-order valence-corrected chi connectivity index (χ2v) is 12.9. The predicted octanol–water partition coefficient (Wildman–Crippen LogP) is 7.02. The van der Waals surface area contributed by atoms with Crippen molar-refractivity contribution in [2.75, 3.05) is 61.0 Å². The molecule has 5 saturated heterocycles. The van der Waals surface area contributed by atoms with Crippen LogP contribution in [0.4, 0.5) is 26.6 Å². The molecule has 0 atom stereocenters. The Labute approximate surface area is 293 Å². The Hall–Kier alpha value is -3.54. The first-order valence-electron chi connectivity index (χ1n) is 18.3. The minimum absolute atomic E-state index is 0.402. The van der Waals surface area contributed by atoms with Gasteiger partial charge in [0.2, 0.25) is 17.8 Å². The maximum atomic E-state index is 13.1. The molecule has 7 aliphatic rings. The fraction of sp³-hybridized carbons (Fsp3) is 0.676. The molecule has 3 aromatic rings. The van der Waals surface area contributed by atoms with Crippen molar-refractivity contribution in [3.8, 4) is 0 Å². The van der Waals surface area contributed by atoms with E-state index in [1.54, 1.807) is 17.3 Å². The van der Waals surface area contributed by atoms with Crippen LogP contribution in [0.1, 0.15) is 83.9 Å². The Morgan fingerprint density at radius 2 is 1.04 bits per heavy atom. The van der Waals surface area contributed by atoms with Gasteiger partial charge in [-0.3, -0.25) is 0 Å². The molecule has 0 amide bonds. The van der Waals surface area contributed by atoms with Crippen LogP contribution in [0.5, 0.6) is 0 Å². The number of alkyl halides is 2. The van der Waals surface area contributed by atoms with Gasteiger partial charge in [0.25, 0.3) is 6.43 Å². The van der Waals surface area contributed by atoms with Crippen LogP contribution in [0, 0.1) is 32.6 Å². The Balaban J connectivity index is 0.000000185. The summed E-state index contributed by atoms with van der Waals surface area (Å²) < 4.78 is 26.2. The van der Waals surface area contributed by atoms with E-state index < -0.39 is 12.0 Å². The average molecular weight is 683 g/mol. The number of aryl methyl sites for hydroxylation is 3. The van der Waals surface area contributed by atoms with Gasteiger partial charge in [-0.05, 0) is 82.0 Å². The zero-order chi connectivity index (χ0) is 36.1. The molecule has 2 saturated carbocycles. The van der Waals surface area contributed by atoms with Crippen LogP contribution in [0.2, 0.25) is 0 Å². The van der Waals surface area contributed by atoms with Crippen molar-refractivity contribution in [1.82, 2.24) is 34.8 Å². The minimum atomic E-state index is -2.31. The lowest BCUT2D eigenvalue weighted by atomic mass is 9.73. The third kappa shape index (κ3) is 9.80. The molecule has 49 heavy (non-hydrogen) atoms. The number of halogens is 2. The fourth-order valence-corrected chi connectivity index (χ4v) is 6.70. The smallest absolute Gasteiger partial charge is 0.261 e. The highest BCUT2D eigenvalue weighted by Crippen LogP contribution is 2.54. The van der Waals surface area contributed by atoms with Crippen molar-refractivity contribution in [2.45, 2.75) is 106 Å². The molecule has 4 bridgehead atoms. The van der Waals surface area contributed by atoms with Crippen molar-refractivity contribution >= 4 is 17.8 Å². The van der Waals surface area contributed by atoms with Gasteiger partial charge >= 0.3 is 0 Å². The van der Waals surface area contributed by atoms with Gasteiger partial charge < -0.3 is 19.6 Å². The zero-order valence-electron chi connectivity index (χ0n) is 31.6. The molecule has 2 aliphatic carbocycles. The summed E-state index contributed by atoms with van der Waals surface area (Å²) >= 11 is 0. The van der Waals surface area contributed by atoms with E-state index in [0.29, 0.717) is 31.3 Å². The van der Waals surface area contributed by atoms with Crippen molar-refractivity contribution in [3.05, 3.63) is 53.9 Å². The standard InChI is InChI=1S/C11H13F2N3.C10H16N4.C10H13N3.3C2H6/c1-7-4-14-10(15-5-7)16-6-8-2-11(16,3-8)9(12)13;1-9-7-11-10(12-8-9)14-5-3-13(2)4-6-14;1-7-4-11-10(12-5-7)13-6-8-2-9(13)3-8;3*1-2/h4-5,8-9H,2-3,6H2,1H3;7-8H,3-6H2,1-2H3;4-5,8-9H,2-3,6H2,1H3;3*1-2H3. The summed E-state index contributed by atoms with van der Waals surface area (Å²) in [4.78, 5) is 34.3. The van der Waals surface area contributed by atoms with Gasteiger partial charge in [0, 0.05) is 82.5 Å². The first-order chi connectivity index (χ1) is 23.7. The summed E-state index contributed by atoms with van der Waals surface area (Å²) in [5.74, 6) is 3.57. The number of likely N-dealkylation sites (N-methyl/N-ethyl adjacent to an activating group) is 1. The third-order valence-corrected chi connectivity index (χ3v) is 9.36. The summed E-state index contributed by atoms with van der Waals surface area (Å²) in [5, 5.41) is 0. The molecule has 0 N–H and O–H groups in total. The molecule has 10 nitrogen and oxygen atoms in total. The molecule has 0 radical (unpaired) electrons. The lowest BCUT2D eigenvalue weighted by Crippen LogP contribution is -2.52. The summed E-state index contributed by atoms with van der Waals surface area (Å²) in [6.45, 7) is 24.0. The molecule has 3 aromatic heterocycles. The summed E-state index contributed by atoms with van der Waals surface area (Å²) in [6, 6.07) is 0.743. The Bertz CT molecular complexity index is 1340. The third-order valence-electron chi connectivity index (χ3n) is 9.36. The van der Waals surface area contributed by atoms with Crippen LogP contribution < -0.4 is 14.7 Å². The van der Waals surface area contributed by atoms with E-state index in [4.69, 9.17) is 0 Å². The molecule has 5 aliphatic heterocycles. The molecular formula is C37H60F2N10. The maximum Gasteiger partial charge on any atom is 0.261 e. The van der Waals surface area contributed by atoms with Crippen LogP contribution >= 0.6 is 0 Å². The first kappa shape index (κ1) is 39.9. The molecule has 8 heterocycles. The van der Waals surface area contributed by atoms with Gasteiger partial charge in [-0.1, -0.05) is 41.5 Å². The minimum Gasteiger partial charge on any atom is -0.338 e. The Morgan fingerprint density at radius 3 is 1.45 bits per heavy atom. The summed E-state index contributed by atoms with van der Waals surface area (Å²) in [6.07, 6.45) is 12.5. The average Bonchev–Trinajstić information content (AvgIpc) is 3.90. The topological polar surface area (TPSA) is 90.3 Å². The number of piperazine rings is 1.